The number of benzene rings is 1. The number of carbonyl (C=O) groups excluding carboxylic acids is 1. The lowest BCUT2D eigenvalue weighted by atomic mass is 10.1. The molecule has 0 aliphatic rings. The highest BCUT2D eigenvalue weighted by Crippen LogP contribution is 2.26. The highest BCUT2D eigenvalue weighted by atomic mass is 19.1. The van der Waals surface area contributed by atoms with Crippen LogP contribution in [0.5, 0.6) is 5.75 Å². The van der Waals surface area contributed by atoms with Crippen LogP contribution < -0.4 is 10.5 Å². The van der Waals surface area contributed by atoms with Crippen molar-refractivity contribution >= 4 is 5.91 Å². The summed E-state index contributed by atoms with van der Waals surface area (Å²) in [4.78, 5) is 11.0. The Morgan fingerprint density at radius 1 is 1.56 bits per heavy atom. The smallest absolute Gasteiger partial charge is 0.222 e. The van der Waals surface area contributed by atoms with Crippen molar-refractivity contribution in [3.8, 4) is 11.4 Å². The molecule has 0 saturated carbocycles. The van der Waals surface area contributed by atoms with Crippen molar-refractivity contribution in [3.05, 3.63) is 29.8 Å². The molecule has 2 rings (SSSR count). The minimum absolute atomic E-state index is 0.0306. The van der Waals surface area contributed by atoms with Gasteiger partial charge in [-0.25, -0.2) is 9.07 Å². The van der Waals surface area contributed by atoms with E-state index in [1.165, 1.54) is 24.2 Å². The van der Waals surface area contributed by atoms with Gasteiger partial charge in [-0.2, -0.15) is 0 Å². The maximum Gasteiger partial charge on any atom is 0.222 e. The van der Waals surface area contributed by atoms with Crippen LogP contribution in [-0.2, 0) is 11.2 Å². The zero-order valence-corrected chi connectivity index (χ0v) is 9.50. The van der Waals surface area contributed by atoms with Crippen molar-refractivity contribution < 1.29 is 13.9 Å². The van der Waals surface area contributed by atoms with E-state index in [1.54, 1.807) is 6.07 Å². The van der Waals surface area contributed by atoms with Gasteiger partial charge in [0.25, 0.3) is 0 Å². The quantitative estimate of drug-likeness (QED) is 0.814. The first-order chi connectivity index (χ1) is 8.63. The van der Waals surface area contributed by atoms with Crippen LogP contribution in [0.15, 0.2) is 18.5 Å². The Hall–Kier alpha value is -2.51. The van der Waals surface area contributed by atoms with Gasteiger partial charge in [0.05, 0.1) is 19.2 Å². The third-order valence-corrected chi connectivity index (χ3v) is 2.35. The van der Waals surface area contributed by atoms with Gasteiger partial charge in [-0.15, -0.1) is 5.10 Å². The topological polar surface area (TPSA) is 95.9 Å². The second-order valence-electron chi connectivity index (χ2n) is 3.48. The van der Waals surface area contributed by atoms with Crippen molar-refractivity contribution in [2.24, 2.45) is 5.73 Å². The van der Waals surface area contributed by atoms with Crippen molar-refractivity contribution in [3.63, 3.8) is 0 Å². The first kappa shape index (κ1) is 12.0. The van der Waals surface area contributed by atoms with E-state index in [1.807, 2.05) is 0 Å². The summed E-state index contributed by atoms with van der Waals surface area (Å²) in [7, 11) is 1.34. The number of amides is 1. The molecule has 0 saturated heterocycles. The molecule has 1 heterocycles. The van der Waals surface area contributed by atoms with Crippen molar-refractivity contribution in [2.45, 2.75) is 6.42 Å². The predicted octanol–water partition coefficient (Wildman–Crippen LogP) is -0.162. The van der Waals surface area contributed by atoms with E-state index < -0.39 is 11.7 Å². The average molecular weight is 251 g/mol. The normalized spacial score (nSPS) is 10.3. The molecule has 1 amide bonds. The molecule has 0 aliphatic carbocycles. The highest BCUT2D eigenvalue weighted by Gasteiger charge is 2.17. The van der Waals surface area contributed by atoms with Gasteiger partial charge < -0.3 is 10.5 Å². The standard InChI is InChI=1S/C10H10FN5O2/c1-18-8-3-2-7(16-5-13-14-15-16)6(10(8)11)4-9(12)17/h2-3,5H,4H2,1H3,(H2,12,17). The number of nitrogens with two attached hydrogens (primary N) is 1. The molecule has 2 N–H and O–H groups in total. The minimum Gasteiger partial charge on any atom is -0.494 e. The van der Waals surface area contributed by atoms with E-state index in [9.17, 15) is 9.18 Å². The molecule has 1 aromatic carbocycles. The third-order valence-electron chi connectivity index (χ3n) is 2.35. The van der Waals surface area contributed by atoms with Crippen LogP contribution >= 0.6 is 0 Å². The van der Waals surface area contributed by atoms with Crippen LogP contribution in [0.3, 0.4) is 0 Å². The molecule has 0 atom stereocenters. The fraction of sp³-hybridized carbons (Fsp3) is 0.200. The maximum atomic E-state index is 14.1. The molecule has 18 heavy (non-hydrogen) atoms. The number of primary amides is 1. The van der Waals surface area contributed by atoms with Crippen LogP contribution in [0.4, 0.5) is 4.39 Å². The second-order valence-corrected chi connectivity index (χ2v) is 3.48. The SMILES string of the molecule is COc1ccc(-n2cnnn2)c(CC(N)=O)c1F. The number of methoxy groups -OCH3 is 1. The maximum absolute atomic E-state index is 14.1. The van der Waals surface area contributed by atoms with E-state index in [-0.39, 0.29) is 17.7 Å². The lowest BCUT2D eigenvalue weighted by Crippen LogP contribution is -2.17. The summed E-state index contributed by atoms with van der Waals surface area (Å²) in [6, 6.07) is 2.98. The van der Waals surface area contributed by atoms with Gasteiger partial charge >= 0.3 is 0 Å². The Bertz CT molecular complexity index is 570. The fourth-order valence-corrected chi connectivity index (χ4v) is 1.58. The number of rotatable bonds is 4. The van der Waals surface area contributed by atoms with E-state index in [2.05, 4.69) is 15.5 Å². The first-order valence-corrected chi connectivity index (χ1v) is 5.00. The molecular formula is C10H10FN5O2. The van der Waals surface area contributed by atoms with Crippen molar-refractivity contribution in [1.82, 2.24) is 20.2 Å². The molecule has 0 unspecified atom stereocenters. The molecule has 8 heteroatoms. The van der Waals surface area contributed by atoms with Gasteiger partial charge in [-0.1, -0.05) is 0 Å². The van der Waals surface area contributed by atoms with Crippen LogP contribution in [0.1, 0.15) is 5.56 Å². The Labute approximate surface area is 101 Å². The van der Waals surface area contributed by atoms with E-state index in [0.717, 1.165) is 0 Å². The summed E-state index contributed by atoms with van der Waals surface area (Å²) in [6.45, 7) is 0. The molecule has 2 aromatic rings. The van der Waals surface area contributed by atoms with Crippen LogP contribution in [0, 0.1) is 5.82 Å². The number of hydrogen-bond acceptors (Lipinski definition) is 5. The Morgan fingerprint density at radius 3 is 2.89 bits per heavy atom. The summed E-state index contributed by atoms with van der Waals surface area (Å²) < 4.78 is 20.2. The second kappa shape index (κ2) is 4.78. The Balaban J connectivity index is 2.58. The van der Waals surface area contributed by atoms with Crippen LogP contribution in [0.2, 0.25) is 0 Å². The number of hydrogen-bond donors (Lipinski definition) is 1. The Kier molecular flexibility index (Phi) is 3.18. The van der Waals surface area contributed by atoms with E-state index in [4.69, 9.17) is 10.5 Å². The van der Waals surface area contributed by atoms with Gasteiger partial charge in [0.1, 0.15) is 6.33 Å². The van der Waals surface area contributed by atoms with Gasteiger partial charge in [-0.3, -0.25) is 4.79 Å². The monoisotopic (exact) mass is 251 g/mol. The molecule has 0 fully saturated rings. The lowest BCUT2D eigenvalue weighted by molar-refractivity contribution is -0.117. The largest absolute Gasteiger partial charge is 0.494 e. The van der Waals surface area contributed by atoms with E-state index in [0.29, 0.717) is 5.69 Å². The van der Waals surface area contributed by atoms with Crippen molar-refractivity contribution in [2.75, 3.05) is 7.11 Å². The Morgan fingerprint density at radius 2 is 2.33 bits per heavy atom. The summed E-state index contributed by atoms with van der Waals surface area (Å²) in [5.41, 5.74) is 5.54. The molecule has 0 bridgehead atoms. The van der Waals surface area contributed by atoms with Crippen LogP contribution in [-0.4, -0.2) is 33.2 Å². The number of nitrogens with zero attached hydrogens (tertiary/aromatic N) is 4. The molecule has 7 nitrogen and oxygen atoms in total. The summed E-state index contributed by atoms with van der Waals surface area (Å²) in [6.07, 6.45) is 1.03. The summed E-state index contributed by atoms with van der Waals surface area (Å²) in [5.74, 6) is -1.27. The zero-order valence-electron chi connectivity index (χ0n) is 9.50. The number of ether oxygens (including phenoxy) is 1. The molecule has 94 valence electrons. The minimum atomic E-state index is -0.656. The molecule has 0 spiro atoms. The molecular weight excluding hydrogens is 241 g/mol. The van der Waals surface area contributed by atoms with Gasteiger partial charge in [0.2, 0.25) is 5.91 Å². The van der Waals surface area contributed by atoms with Gasteiger partial charge in [0.15, 0.2) is 11.6 Å². The van der Waals surface area contributed by atoms with Gasteiger partial charge in [-0.05, 0) is 22.6 Å². The van der Waals surface area contributed by atoms with Crippen molar-refractivity contribution in [1.29, 1.82) is 0 Å². The highest BCUT2D eigenvalue weighted by molar-refractivity contribution is 5.78. The molecule has 0 aliphatic heterocycles. The average Bonchev–Trinajstić information content (AvgIpc) is 2.84. The fourth-order valence-electron chi connectivity index (χ4n) is 1.58. The molecule has 0 radical (unpaired) electrons. The summed E-state index contributed by atoms with van der Waals surface area (Å²) >= 11 is 0. The number of tetrazole rings is 1. The molecule has 1 aromatic heterocycles. The first-order valence-electron chi connectivity index (χ1n) is 5.00. The van der Waals surface area contributed by atoms with E-state index >= 15 is 0 Å². The number of aromatic nitrogens is 4. The lowest BCUT2D eigenvalue weighted by Gasteiger charge is -2.11. The number of carbonyl (C=O) groups is 1. The van der Waals surface area contributed by atoms with Gasteiger partial charge in [0, 0.05) is 5.56 Å². The summed E-state index contributed by atoms with van der Waals surface area (Å²) in [5, 5.41) is 10.6. The van der Waals surface area contributed by atoms with Crippen LogP contribution in [0.25, 0.3) is 5.69 Å². The zero-order chi connectivity index (χ0) is 13.1. The number of halogens is 1. The third kappa shape index (κ3) is 2.12. The predicted molar refractivity (Wildman–Crippen MR) is 58.6 cm³/mol.